The lowest BCUT2D eigenvalue weighted by molar-refractivity contribution is -0.140. The molecule has 3 aromatic rings. The number of nitrogens with zero attached hydrogens (tertiary/aromatic N) is 1. The number of phenolic OH excluding ortho intramolecular Hbond substituents is 1. The summed E-state index contributed by atoms with van der Waals surface area (Å²) in [5, 5.41) is 15.6. The second-order valence-electron chi connectivity index (χ2n) is 11.5. The summed E-state index contributed by atoms with van der Waals surface area (Å²) in [7, 11) is 0. The fraction of sp³-hybridized carbons (Fsp3) is 0.343. The minimum absolute atomic E-state index is 0.0892. The molecule has 0 saturated heterocycles. The molecule has 8 heteroatoms. The maximum absolute atomic E-state index is 14.5. The monoisotopic (exact) mass is 585 g/mol. The van der Waals surface area contributed by atoms with Gasteiger partial charge in [-0.3, -0.25) is 9.59 Å². The summed E-state index contributed by atoms with van der Waals surface area (Å²) in [4.78, 5) is 43.2. The molecule has 0 bridgehead atoms. The molecule has 0 spiro atoms. The summed E-state index contributed by atoms with van der Waals surface area (Å²) in [6.07, 6.45) is 2.49. The van der Waals surface area contributed by atoms with E-state index in [1.165, 1.54) is 12.1 Å². The lowest BCUT2D eigenvalue weighted by Crippen LogP contribution is -2.53. The highest BCUT2D eigenvalue weighted by atomic mass is 16.6. The highest BCUT2D eigenvalue weighted by Crippen LogP contribution is 2.27. The smallest absolute Gasteiger partial charge is 0.408 e. The predicted octanol–water partition coefficient (Wildman–Crippen LogP) is 6.79. The molecule has 0 aliphatic carbocycles. The van der Waals surface area contributed by atoms with Crippen molar-refractivity contribution in [3.63, 3.8) is 0 Å². The van der Waals surface area contributed by atoms with Gasteiger partial charge in [0.25, 0.3) is 5.91 Å². The van der Waals surface area contributed by atoms with Crippen LogP contribution in [0.4, 0.5) is 10.5 Å². The van der Waals surface area contributed by atoms with Crippen LogP contribution in [0, 0.1) is 6.92 Å². The van der Waals surface area contributed by atoms with E-state index >= 15 is 0 Å². The van der Waals surface area contributed by atoms with Crippen molar-refractivity contribution in [3.8, 4) is 5.75 Å². The van der Waals surface area contributed by atoms with Crippen molar-refractivity contribution in [2.45, 2.75) is 71.6 Å². The van der Waals surface area contributed by atoms with Crippen molar-refractivity contribution in [3.05, 3.63) is 102 Å². The Kier molecular flexibility index (Phi) is 11.5. The number of para-hydroxylation sites is 1. The Morgan fingerprint density at radius 2 is 1.72 bits per heavy atom. The van der Waals surface area contributed by atoms with Crippen LogP contribution >= 0.6 is 0 Å². The molecule has 3 aromatic carbocycles. The van der Waals surface area contributed by atoms with Crippen molar-refractivity contribution < 1.29 is 24.2 Å². The van der Waals surface area contributed by atoms with Crippen molar-refractivity contribution in [2.75, 3.05) is 11.9 Å². The van der Waals surface area contributed by atoms with Crippen LogP contribution in [0.25, 0.3) is 6.08 Å². The second kappa shape index (κ2) is 15.0. The molecule has 3 N–H and O–H groups in total. The molecule has 0 heterocycles. The SMILES string of the molecule is C=Cc1cccc(C(C(=O)Nc2ccccc2C)N(CCCC)C(=O)C(Cc2ccc(O)cc2)NC(=O)OC(C)(C)C)c1. The standard InChI is InChI=1S/C35H43N3O5/c1-7-9-21-38(33(41)30(37-34(42)43-35(4,5)6)23-26-17-19-28(39)20-18-26)31(27-15-12-14-25(8-2)22-27)32(40)36-29-16-11-10-13-24(29)3/h8,10-20,22,30-31,39H,2,7,9,21,23H2,1,3-6H3,(H,36,40)(H,37,42). The summed E-state index contributed by atoms with van der Waals surface area (Å²) < 4.78 is 5.50. The average Bonchev–Trinajstić information content (AvgIpc) is 2.95. The Hall–Kier alpha value is -4.59. The number of unbranched alkanes of at least 4 members (excludes halogenated alkanes) is 1. The maximum Gasteiger partial charge on any atom is 0.408 e. The number of rotatable bonds is 12. The van der Waals surface area contributed by atoms with Crippen LogP contribution in [0.2, 0.25) is 0 Å². The highest BCUT2D eigenvalue weighted by molar-refractivity contribution is 5.99. The lowest BCUT2D eigenvalue weighted by atomic mass is 9.98. The molecule has 8 nitrogen and oxygen atoms in total. The van der Waals surface area contributed by atoms with Crippen LogP contribution in [-0.4, -0.2) is 46.1 Å². The first-order valence-electron chi connectivity index (χ1n) is 14.6. The zero-order chi connectivity index (χ0) is 31.6. The Morgan fingerprint density at radius 3 is 2.35 bits per heavy atom. The van der Waals surface area contributed by atoms with Crippen molar-refractivity contribution in [1.29, 1.82) is 0 Å². The van der Waals surface area contributed by atoms with E-state index in [1.54, 1.807) is 43.9 Å². The molecule has 0 aliphatic rings. The number of alkyl carbamates (subject to hydrolysis) is 1. The van der Waals surface area contributed by atoms with Gasteiger partial charge in [0.1, 0.15) is 23.4 Å². The number of aryl methyl sites for hydroxylation is 1. The van der Waals surface area contributed by atoms with Gasteiger partial charge in [0, 0.05) is 18.7 Å². The van der Waals surface area contributed by atoms with Crippen molar-refractivity contribution in [1.82, 2.24) is 10.2 Å². The molecule has 3 amide bonds. The Bertz CT molecular complexity index is 1410. The second-order valence-corrected chi connectivity index (χ2v) is 11.5. The molecule has 3 rings (SSSR count). The van der Waals surface area contributed by atoms with Gasteiger partial charge < -0.3 is 25.4 Å². The molecule has 0 saturated carbocycles. The molecule has 0 aromatic heterocycles. The number of carbonyl (C=O) groups is 3. The van der Waals surface area contributed by atoms with Gasteiger partial charge in [0.2, 0.25) is 5.91 Å². The van der Waals surface area contributed by atoms with E-state index < -0.39 is 29.7 Å². The van der Waals surface area contributed by atoms with Gasteiger partial charge in [-0.25, -0.2) is 4.79 Å². The molecular weight excluding hydrogens is 542 g/mol. The molecule has 43 heavy (non-hydrogen) atoms. The Morgan fingerprint density at radius 1 is 1.02 bits per heavy atom. The van der Waals surface area contributed by atoms with E-state index in [-0.39, 0.29) is 24.6 Å². The van der Waals surface area contributed by atoms with Gasteiger partial charge in [0.05, 0.1) is 0 Å². The molecule has 0 fully saturated rings. The number of benzene rings is 3. The average molecular weight is 586 g/mol. The van der Waals surface area contributed by atoms with Gasteiger partial charge in [-0.1, -0.05) is 74.5 Å². The minimum atomic E-state index is -1.05. The van der Waals surface area contributed by atoms with Gasteiger partial charge >= 0.3 is 6.09 Å². The molecule has 2 unspecified atom stereocenters. The summed E-state index contributed by atoms with van der Waals surface area (Å²) in [6, 6.07) is 19.2. The summed E-state index contributed by atoms with van der Waals surface area (Å²) >= 11 is 0. The number of hydrogen-bond donors (Lipinski definition) is 3. The highest BCUT2D eigenvalue weighted by Gasteiger charge is 2.36. The van der Waals surface area contributed by atoms with Crippen molar-refractivity contribution >= 4 is 29.7 Å². The normalized spacial score (nSPS) is 12.5. The zero-order valence-corrected chi connectivity index (χ0v) is 25.7. The van der Waals surface area contributed by atoms with E-state index in [1.807, 2.05) is 62.4 Å². The van der Waals surface area contributed by atoms with Gasteiger partial charge in [-0.2, -0.15) is 0 Å². The first-order valence-corrected chi connectivity index (χ1v) is 14.6. The number of anilines is 1. The third kappa shape index (κ3) is 9.74. The zero-order valence-electron chi connectivity index (χ0n) is 25.7. The number of nitrogens with one attached hydrogen (secondary N) is 2. The topological polar surface area (TPSA) is 108 Å². The fourth-order valence-corrected chi connectivity index (χ4v) is 4.66. The quantitative estimate of drug-likeness (QED) is 0.217. The Labute approximate surface area is 254 Å². The van der Waals surface area contributed by atoms with E-state index in [9.17, 15) is 19.5 Å². The van der Waals surface area contributed by atoms with E-state index in [2.05, 4.69) is 17.2 Å². The van der Waals surface area contributed by atoms with Crippen LogP contribution < -0.4 is 10.6 Å². The number of hydrogen-bond acceptors (Lipinski definition) is 5. The third-order valence-electron chi connectivity index (χ3n) is 6.83. The van der Waals surface area contributed by atoms with E-state index in [4.69, 9.17) is 4.74 Å². The van der Waals surface area contributed by atoms with Crippen LogP contribution in [0.5, 0.6) is 5.75 Å². The first kappa shape index (κ1) is 32.9. The molecular formula is C35H43N3O5. The van der Waals surface area contributed by atoms with Gasteiger partial charge in [-0.15, -0.1) is 0 Å². The van der Waals surface area contributed by atoms with E-state index in [0.29, 0.717) is 17.7 Å². The summed E-state index contributed by atoms with van der Waals surface area (Å²) in [5.41, 5.74) is 2.90. The number of ether oxygens (including phenoxy) is 1. The Balaban J connectivity index is 2.09. The molecule has 0 radical (unpaired) electrons. The van der Waals surface area contributed by atoms with Crippen LogP contribution in [-0.2, 0) is 20.7 Å². The lowest BCUT2D eigenvalue weighted by Gasteiger charge is -2.35. The van der Waals surface area contributed by atoms with E-state index in [0.717, 1.165) is 23.1 Å². The number of carbonyl (C=O) groups excluding carboxylic acids is 3. The molecule has 2 atom stereocenters. The maximum atomic E-state index is 14.5. The number of phenols is 1. The third-order valence-corrected chi connectivity index (χ3v) is 6.83. The van der Waals surface area contributed by atoms with Crippen molar-refractivity contribution in [2.24, 2.45) is 0 Å². The first-order chi connectivity index (χ1) is 20.4. The van der Waals surface area contributed by atoms with Gasteiger partial charge in [0.15, 0.2) is 0 Å². The van der Waals surface area contributed by atoms with Crippen LogP contribution in [0.3, 0.4) is 0 Å². The summed E-state index contributed by atoms with van der Waals surface area (Å²) in [6.45, 7) is 13.3. The van der Waals surface area contributed by atoms with Crippen LogP contribution in [0.15, 0.2) is 79.4 Å². The van der Waals surface area contributed by atoms with Crippen LogP contribution in [0.1, 0.15) is 68.8 Å². The fourth-order valence-electron chi connectivity index (χ4n) is 4.66. The summed E-state index contributed by atoms with van der Waals surface area (Å²) in [5.74, 6) is -0.715. The molecule has 228 valence electrons. The molecule has 0 aliphatic heterocycles. The van der Waals surface area contributed by atoms with Gasteiger partial charge in [-0.05, 0) is 80.6 Å². The minimum Gasteiger partial charge on any atom is -0.508 e. The number of aromatic hydroxyl groups is 1. The number of amides is 3. The predicted molar refractivity (Wildman–Crippen MR) is 171 cm³/mol. The largest absolute Gasteiger partial charge is 0.508 e.